The Bertz CT molecular complexity index is 271. The summed E-state index contributed by atoms with van der Waals surface area (Å²) in [5.74, 6) is -0.0560. The van der Waals surface area contributed by atoms with Crippen molar-refractivity contribution in [1.82, 2.24) is 10.2 Å². The molecule has 2 rings (SSSR count). The first-order chi connectivity index (χ1) is 8.66. The maximum atomic E-state index is 11.8. The molecule has 0 unspecified atom stereocenters. The first kappa shape index (κ1) is 13.7. The second kappa shape index (κ2) is 6.47. The lowest BCUT2D eigenvalue weighted by Gasteiger charge is -2.23. The molecule has 1 amide bonds. The fourth-order valence-corrected chi connectivity index (χ4v) is 2.41. The number of β-amino-alcohol motifs (C(OH)–C–C–N with tert-alkyl or cyclic N) is 2. The molecule has 2 heterocycles. The largest absolute Gasteiger partial charge is 0.388 e. The molecule has 2 fully saturated rings. The number of ether oxygens (including phenoxy) is 1. The van der Waals surface area contributed by atoms with Gasteiger partial charge in [0.25, 0.3) is 0 Å². The summed E-state index contributed by atoms with van der Waals surface area (Å²) in [4.78, 5) is 13.3. The number of hydrogen-bond donors (Lipinski definition) is 3. The van der Waals surface area contributed by atoms with Crippen LogP contribution in [0.4, 0.5) is 0 Å². The van der Waals surface area contributed by atoms with E-state index in [-0.39, 0.29) is 25.1 Å². The predicted octanol–water partition coefficient (Wildman–Crippen LogP) is -1.29. The second-order valence-electron chi connectivity index (χ2n) is 5.00. The third kappa shape index (κ3) is 3.65. The SMILES string of the molecule is O=C(CCOC1CCNCC1)N1C[C@@H](O)[C@@H](O)C1. The van der Waals surface area contributed by atoms with Crippen molar-refractivity contribution in [3.05, 3.63) is 0 Å². The highest BCUT2D eigenvalue weighted by atomic mass is 16.5. The number of hydrogen-bond acceptors (Lipinski definition) is 5. The number of amides is 1. The minimum absolute atomic E-state index is 0.0560. The molecular weight excluding hydrogens is 236 g/mol. The zero-order valence-corrected chi connectivity index (χ0v) is 10.5. The molecule has 0 aromatic carbocycles. The van der Waals surface area contributed by atoms with E-state index in [1.165, 1.54) is 4.90 Å². The van der Waals surface area contributed by atoms with Gasteiger partial charge in [0.05, 0.1) is 31.3 Å². The van der Waals surface area contributed by atoms with Gasteiger partial charge in [-0.05, 0) is 25.9 Å². The zero-order valence-electron chi connectivity index (χ0n) is 10.5. The van der Waals surface area contributed by atoms with Gasteiger partial charge in [0, 0.05) is 13.1 Å². The van der Waals surface area contributed by atoms with Crippen LogP contribution in [0.1, 0.15) is 19.3 Å². The maximum Gasteiger partial charge on any atom is 0.225 e. The van der Waals surface area contributed by atoms with Crippen LogP contribution in [0.2, 0.25) is 0 Å². The van der Waals surface area contributed by atoms with Crippen LogP contribution >= 0.6 is 0 Å². The first-order valence-corrected chi connectivity index (χ1v) is 6.63. The average molecular weight is 258 g/mol. The average Bonchev–Trinajstić information content (AvgIpc) is 2.71. The molecule has 0 spiro atoms. The molecular formula is C12H22N2O4. The highest BCUT2D eigenvalue weighted by Gasteiger charge is 2.32. The number of aliphatic hydroxyl groups excluding tert-OH is 2. The molecule has 0 aromatic heterocycles. The molecule has 0 aliphatic carbocycles. The van der Waals surface area contributed by atoms with Gasteiger partial charge in [0.15, 0.2) is 0 Å². The molecule has 3 N–H and O–H groups in total. The Labute approximate surface area is 107 Å². The minimum Gasteiger partial charge on any atom is -0.388 e. The van der Waals surface area contributed by atoms with E-state index in [4.69, 9.17) is 4.74 Å². The molecule has 2 atom stereocenters. The Balaban J connectivity index is 1.62. The molecule has 6 heteroatoms. The van der Waals surface area contributed by atoms with Crippen molar-refractivity contribution in [1.29, 1.82) is 0 Å². The van der Waals surface area contributed by atoms with E-state index in [1.807, 2.05) is 0 Å². The first-order valence-electron chi connectivity index (χ1n) is 6.63. The number of nitrogens with zero attached hydrogens (tertiary/aromatic N) is 1. The Morgan fingerprint density at radius 1 is 1.22 bits per heavy atom. The van der Waals surface area contributed by atoms with Gasteiger partial charge in [-0.1, -0.05) is 0 Å². The lowest BCUT2D eigenvalue weighted by atomic mass is 10.1. The fourth-order valence-electron chi connectivity index (χ4n) is 2.41. The van der Waals surface area contributed by atoms with Gasteiger partial charge in [-0.15, -0.1) is 0 Å². The highest BCUT2D eigenvalue weighted by molar-refractivity contribution is 5.76. The summed E-state index contributed by atoms with van der Waals surface area (Å²) in [7, 11) is 0. The van der Waals surface area contributed by atoms with Crippen LogP contribution in [0.15, 0.2) is 0 Å². The maximum absolute atomic E-state index is 11.8. The van der Waals surface area contributed by atoms with Crippen LogP contribution < -0.4 is 5.32 Å². The Hall–Kier alpha value is -0.690. The van der Waals surface area contributed by atoms with E-state index in [0.29, 0.717) is 13.0 Å². The van der Waals surface area contributed by atoms with Crippen LogP contribution in [0, 0.1) is 0 Å². The van der Waals surface area contributed by atoms with Gasteiger partial charge < -0.3 is 25.2 Å². The molecule has 2 aliphatic rings. The van der Waals surface area contributed by atoms with Crippen molar-refractivity contribution >= 4 is 5.91 Å². The molecule has 0 bridgehead atoms. The molecule has 18 heavy (non-hydrogen) atoms. The van der Waals surface area contributed by atoms with Crippen LogP contribution in [0.5, 0.6) is 0 Å². The molecule has 0 saturated carbocycles. The molecule has 2 saturated heterocycles. The summed E-state index contributed by atoms with van der Waals surface area (Å²) < 4.78 is 5.65. The number of aliphatic hydroxyl groups is 2. The van der Waals surface area contributed by atoms with Crippen molar-refractivity contribution in [3.63, 3.8) is 0 Å². The Morgan fingerprint density at radius 2 is 1.83 bits per heavy atom. The summed E-state index contributed by atoms with van der Waals surface area (Å²) in [5.41, 5.74) is 0. The topological polar surface area (TPSA) is 82.0 Å². The molecule has 0 radical (unpaired) electrons. The molecule has 2 aliphatic heterocycles. The number of piperidine rings is 1. The van der Waals surface area contributed by atoms with Crippen LogP contribution in [0.3, 0.4) is 0 Å². The fraction of sp³-hybridized carbons (Fsp3) is 0.917. The monoisotopic (exact) mass is 258 g/mol. The highest BCUT2D eigenvalue weighted by Crippen LogP contribution is 2.12. The standard InChI is InChI=1S/C12H22N2O4/c15-10-7-14(8-11(10)16)12(17)3-6-18-9-1-4-13-5-2-9/h9-11,13,15-16H,1-8H2/t10-,11+. The third-order valence-electron chi connectivity index (χ3n) is 3.57. The van der Waals surface area contributed by atoms with E-state index in [0.717, 1.165) is 25.9 Å². The summed E-state index contributed by atoms with van der Waals surface area (Å²) in [6.07, 6.45) is 0.959. The summed E-state index contributed by atoms with van der Waals surface area (Å²) in [6, 6.07) is 0. The van der Waals surface area contributed by atoms with Gasteiger partial charge >= 0.3 is 0 Å². The van der Waals surface area contributed by atoms with Gasteiger partial charge in [-0.25, -0.2) is 0 Å². The lowest BCUT2D eigenvalue weighted by molar-refractivity contribution is -0.132. The number of likely N-dealkylation sites (tertiary alicyclic amines) is 1. The van der Waals surface area contributed by atoms with Crippen molar-refractivity contribution in [2.45, 2.75) is 37.6 Å². The lowest BCUT2D eigenvalue weighted by Crippen LogP contribution is -2.34. The minimum atomic E-state index is -0.806. The van der Waals surface area contributed by atoms with Gasteiger partial charge in [-0.3, -0.25) is 4.79 Å². The number of carbonyl (C=O) groups excluding carboxylic acids is 1. The van der Waals surface area contributed by atoms with Crippen molar-refractivity contribution in [3.8, 4) is 0 Å². The molecule has 104 valence electrons. The Morgan fingerprint density at radius 3 is 2.44 bits per heavy atom. The van der Waals surface area contributed by atoms with Crippen LogP contribution in [-0.2, 0) is 9.53 Å². The van der Waals surface area contributed by atoms with E-state index >= 15 is 0 Å². The third-order valence-corrected chi connectivity index (χ3v) is 3.57. The summed E-state index contributed by atoms with van der Waals surface area (Å²) in [6.45, 7) is 2.83. The van der Waals surface area contributed by atoms with E-state index in [9.17, 15) is 15.0 Å². The predicted molar refractivity (Wildman–Crippen MR) is 65.1 cm³/mol. The van der Waals surface area contributed by atoms with Crippen molar-refractivity contribution in [2.75, 3.05) is 32.8 Å². The second-order valence-corrected chi connectivity index (χ2v) is 5.00. The summed E-state index contributed by atoms with van der Waals surface area (Å²) >= 11 is 0. The normalized spacial score (nSPS) is 29.8. The number of rotatable bonds is 4. The van der Waals surface area contributed by atoms with Crippen LogP contribution in [-0.4, -0.2) is 72.1 Å². The van der Waals surface area contributed by atoms with Crippen molar-refractivity contribution in [2.24, 2.45) is 0 Å². The van der Waals surface area contributed by atoms with E-state index in [2.05, 4.69) is 5.32 Å². The quantitative estimate of drug-likeness (QED) is 0.584. The van der Waals surface area contributed by atoms with E-state index in [1.54, 1.807) is 0 Å². The van der Waals surface area contributed by atoms with Gasteiger partial charge in [0.2, 0.25) is 5.91 Å². The van der Waals surface area contributed by atoms with Crippen LogP contribution in [0.25, 0.3) is 0 Å². The number of nitrogens with one attached hydrogen (secondary N) is 1. The molecule has 0 aromatic rings. The van der Waals surface area contributed by atoms with E-state index < -0.39 is 12.2 Å². The Kier molecular flexibility index (Phi) is 4.94. The van der Waals surface area contributed by atoms with Gasteiger partial charge in [0.1, 0.15) is 0 Å². The number of carbonyl (C=O) groups is 1. The summed E-state index contributed by atoms with van der Waals surface area (Å²) in [5, 5.41) is 22.0. The smallest absolute Gasteiger partial charge is 0.225 e. The van der Waals surface area contributed by atoms with Gasteiger partial charge in [-0.2, -0.15) is 0 Å². The zero-order chi connectivity index (χ0) is 13.0. The molecule has 6 nitrogen and oxygen atoms in total. The van der Waals surface area contributed by atoms with Crippen molar-refractivity contribution < 1.29 is 19.7 Å².